The zero-order chi connectivity index (χ0) is 17.7. The van der Waals surface area contributed by atoms with Crippen molar-refractivity contribution in [1.82, 2.24) is 14.0 Å². The predicted molar refractivity (Wildman–Crippen MR) is 105 cm³/mol. The number of aromatic nitrogens is 3. The lowest BCUT2D eigenvalue weighted by atomic mass is 10.1. The van der Waals surface area contributed by atoms with E-state index < -0.39 is 0 Å². The van der Waals surface area contributed by atoms with Crippen LogP contribution >= 0.6 is 11.6 Å². The average molecular weight is 360 g/mol. The molecule has 0 spiro atoms. The van der Waals surface area contributed by atoms with Crippen LogP contribution in [-0.4, -0.2) is 14.0 Å². The van der Waals surface area contributed by atoms with Crippen LogP contribution in [0.25, 0.3) is 27.6 Å². The number of fused-ring (bicyclic) bond motifs is 5. The van der Waals surface area contributed by atoms with Gasteiger partial charge < -0.3 is 0 Å². The second kappa shape index (κ2) is 5.71. The van der Waals surface area contributed by atoms with Crippen molar-refractivity contribution >= 4 is 39.2 Å². The van der Waals surface area contributed by atoms with E-state index in [1.54, 1.807) is 4.57 Å². The molecule has 0 atom stereocenters. The van der Waals surface area contributed by atoms with Gasteiger partial charge in [0.2, 0.25) is 0 Å². The standard InChI is InChI=1S/C21H14ClN3O/c22-15-10-8-14(9-11-15)13-25-20-19(23-18-7-3-4-12-24(18)20)16-5-1-2-6-17(16)21(25)26/h1-12H,13H2. The average Bonchev–Trinajstić information content (AvgIpc) is 3.06. The Morgan fingerprint density at radius 3 is 2.42 bits per heavy atom. The molecule has 0 saturated heterocycles. The maximum atomic E-state index is 13.3. The summed E-state index contributed by atoms with van der Waals surface area (Å²) in [4.78, 5) is 18.0. The summed E-state index contributed by atoms with van der Waals surface area (Å²) in [6, 6.07) is 21.1. The van der Waals surface area contributed by atoms with Crippen molar-refractivity contribution in [2.24, 2.45) is 0 Å². The van der Waals surface area contributed by atoms with Gasteiger partial charge in [0.15, 0.2) is 0 Å². The molecule has 4 nitrogen and oxygen atoms in total. The first kappa shape index (κ1) is 15.2. The summed E-state index contributed by atoms with van der Waals surface area (Å²) in [5.74, 6) is 0. The van der Waals surface area contributed by atoms with Gasteiger partial charge in [-0.15, -0.1) is 0 Å². The van der Waals surface area contributed by atoms with Crippen molar-refractivity contribution in [1.29, 1.82) is 0 Å². The van der Waals surface area contributed by atoms with Crippen molar-refractivity contribution in [3.05, 3.63) is 93.9 Å². The fourth-order valence-electron chi connectivity index (χ4n) is 3.46. The van der Waals surface area contributed by atoms with Crippen molar-refractivity contribution in [2.45, 2.75) is 6.54 Å². The molecule has 0 N–H and O–H groups in total. The van der Waals surface area contributed by atoms with Gasteiger partial charge in [0, 0.05) is 22.0 Å². The Morgan fingerprint density at radius 1 is 0.885 bits per heavy atom. The molecule has 0 unspecified atom stereocenters. The van der Waals surface area contributed by atoms with Crippen LogP contribution in [0.15, 0.2) is 77.7 Å². The molecule has 0 amide bonds. The Labute approximate surface area is 153 Å². The molecule has 0 radical (unpaired) electrons. The second-order valence-corrected chi connectivity index (χ2v) is 6.71. The Morgan fingerprint density at radius 2 is 1.62 bits per heavy atom. The van der Waals surface area contributed by atoms with Crippen molar-refractivity contribution in [3.8, 4) is 0 Å². The van der Waals surface area contributed by atoms with E-state index in [2.05, 4.69) is 0 Å². The molecule has 5 aromatic rings. The summed E-state index contributed by atoms with van der Waals surface area (Å²) in [5, 5.41) is 2.24. The molecule has 126 valence electrons. The van der Waals surface area contributed by atoms with Gasteiger partial charge >= 0.3 is 0 Å². The lowest BCUT2D eigenvalue weighted by molar-refractivity contribution is 0.787. The molecule has 26 heavy (non-hydrogen) atoms. The number of imidazole rings is 1. The van der Waals surface area contributed by atoms with E-state index in [0.29, 0.717) is 17.0 Å². The SMILES string of the molecule is O=c1c2ccccc2c2nc3ccccn3c2n1Cc1ccc(Cl)cc1. The molecule has 3 aromatic heterocycles. The largest absolute Gasteiger partial charge is 0.287 e. The third-order valence-electron chi connectivity index (χ3n) is 4.67. The third-order valence-corrected chi connectivity index (χ3v) is 4.92. The van der Waals surface area contributed by atoms with Crippen LogP contribution in [0.5, 0.6) is 0 Å². The van der Waals surface area contributed by atoms with E-state index in [1.165, 1.54) is 0 Å². The molecular weight excluding hydrogens is 346 g/mol. The number of nitrogens with zero attached hydrogens (tertiary/aromatic N) is 3. The highest BCUT2D eigenvalue weighted by molar-refractivity contribution is 6.30. The van der Waals surface area contributed by atoms with Crippen LogP contribution in [0.3, 0.4) is 0 Å². The van der Waals surface area contributed by atoms with Gasteiger partial charge in [-0.2, -0.15) is 0 Å². The maximum absolute atomic E-state index is 13.3. The molecule has 0 bridgehead atoms. The van der Waals surface area contributed by atoms with Gasteiger partial charge in [-0.3, -0.25) is 13.8 Å². The fraction of sp³-hybridized carbons (Fsp3) is 0.0476. The van der Waals surface area contributed by atoms with Gasteiger partial charge in [-0.25, -0.2) is 4.98 Å². The summed E-state index contributed by atoms with van der Waals surface area (Å²) in [6.45, 7) is 0.458. The van der Waals surface area contributed by atoms with Gasteiger partial charge in [0.1, 0.15) is 16.8 Å². The van der Waals surface area contributed by atoms with Crippen LogP contribution < -0.4 is 5.56 Å². The van der Waals surface area contributed by atoms with Gasteiger partial charge in [0.25, 0.3) is 5.56 Å². The number of hydrogen-bond donors (Lipinski definition) is 0. The topological polar surface area (TPSA) is 39.3 Å². The highest BCUT2D eigenvalue weighted by Gasteiger charge is 2.16. The molecule has 5 heteroatoms. The highest BCUT2D eigenvalue weighted by Crippen LogP contribution is 2.24. The van der Waals surface area contributed by atoms with E-state index in [9.17, 15) is 4.79 Å². The minimum atomic E-state index is -0.0197. The van der Waals surface area contributed by atoms with Crippen LogP contribution in [0.1, 0.15) is 5.56 Å². The lowest BCUT2D eigenvalue weighted by Crippen LogP contribution is -2.22. The lowest BCUT2D eigenvalue weighted by Gasteiger charge is -2.11. The summed E-state index contributed by atoms with van der Waals surface area (Å²) < 4.78 is 3.76. The van der Waals surface area contributed by atoms with Crippen molar-refractivity contribution in [2.75, 3.05) is 0 Å². The quantitative estimate of drug-likeness (QED) is 0.465. The van der Waals surface area contributed by atoms with Crippen LogP contribution in [0.2, 0.25) is 5.02 Å². The zero-order valence-corrected chi connectivity index (χ0v) is 14.5. The van der Waals surface area contributed by atoms with E-state index in [0.717, 1.165) is 27.8 Å². The second-order valence-electron chi connectivity index (χ2n) is 6.28. The Kier molecular flexibility index (Phi) is 3.33. The van der Waals surface area contributed by atoms with E-state index in [4.69, 9.17) is 16.6 Å². The van der Waals surface area contributed by atoms with E-state index >= 15 is 0 Å². The zero-order valence-electron chi connectivity index (χ0n) is 13.8. The van der Waals surface area contributed by atoms with Crippen LogP contribution in [0, 0.1) is 0 Å². The first-order valence-corrected chi connectivity index (χ1v) is 8.73. The molecule has 5 rings (SSSR count). The van der Waals surface area contributed by atoms with E-state index in [1.807, 2.05) is 77.3 Å². The minimum absolute atomic E-state index is 0.0197. The van der Waals surface area contributed by atoms with Gasteiger partial charge in [0.05, 0.1) is 6.54 Å². The van der Waals surface area contributed by atoms with Gasteiger partial charge in [-0.05, 0) is 35.9 Å². The van der Waals surface area contributed by atoms with Crippen molar-refractivity contribution < 1.29 is 0 Å². The molecule has 0 saturated carbocycles. The smallest absolute Gasteiger partial charge is 0.260 e. The monoisotopic (exact) mass is 359 g/mol. The summed E-state index contributed by atoms with van der Waals surface area (Å²) in [7, 11) is 0. The summed E-state index contributed by atoms with van der Waals surface area (Å²) in [5.41, 5.74) is 3.45. The molecule has 2 aromatic carbocycles. The molecule has 0 fully saturated rings. The fourth-order valence-corrected chi connectivity index (χ4v) is 3.58. The first-order chi connectivity index (χ1) is 12.7. The number of pyridine rings is 2. The van der Waals surface area contributed by atoms with Gasteiger partial charge in [-0.1, -0.05) is 48.0 Å². The highest BCUT2D eigenvalue weighted by atomic mass is 35.5. The number of rotatable bonds is 2. The molecule has 3 heterocycles. The summed E-state index contributed by atoms with van der Waals surface area (Å²) >= 11 is 6.00. The summed E-state index contributed by atoms with van der Waals surface area (Å²) in [6.07, 6.45) is 1.94. The third kappa shape index (κ3) is 2.23. The molecule has 0 aliphatic heterocycles. The minimum Gasteiger partial charge on any atom is -0.287 e. The molecule has 0 aliphatic carbocycles. The Balaban J connectivity index is 1.91. The Bertz CT molecular complexity index is 1330. The van der Waals surface area contributed by atoms with Crippen molar-refractivity contribution in [3.63, 3.8) is 0 Å². The number of hydrogen-bond acceptors (Lipinski definition) is 2. The Hall–Kier alpha value is -3.11. The first-order valence-electron chi connectivity index (χ1n) is 8.35. The number of halogens is 1. The number of benzene rings is 2. The van der Waals surface area contributed by atoms with E-state index in [-0.39, 0.29) is 5.56 Å². The maximum Gasteiger partial charge on any atom is 0.260 e. The molecular formula is C21H14ClN3O. The molecule has 0 aliphatic rings. The normalized spacial score (nSPS) is 11.6. The van der Waals surface area contributed by atoms with Crippen LogP contribution in [-0.2, 0) is 6.54 Å². The van der Waals surface area contributed by atoms with Crippen LogP contribution in [0.4, 0.5) is 0 Å². The predicted octanol–water partition coefficient (Wildman–Crippen LogP) is 4.50.